The minimum absolute atomic E-state index is 0.324. The molecule has 0 saturated heterocycles. The summed E-state index contributed by atoms with van der Waals surface area (Å²) in [7, 11) is 7.68. The lowest BCUT2D eigenvalue weighted by Crippen LogP contribution is -2.09. The molecule has 0 fully saturated rings. The van der Waals surface area contributed by atoms with Crippen LogP contribution in [0.25, 0.3) is 6.08 Å². The second-order valence-corrected chi connectivity index (χ2v) is 5.31. The van der Waals surface area contributed by atoms with Gasteiger partial charge in [0.05, 0.1) is 41.2 Å². The number of amides is 1. The lowest BCUT2D eigenvalue weighted by atomic mass is 10.1. The minimum Gasteiger partial charge on any atom is -0.497 e. The van der Waals surface area contributed by atoms with Crippen LogP contribution in [0.4, 0.5) is 5.69 Å². The monoisotopic (exact) mass is 373 g/mol. The molecule has 27 heavy (non-hydrogen) atoms. The molecule has 2 aromatic carbocycles. The van der Waals surface area contributed by atoms with E-state index in [4.69, 9.17) is 23.7 Å². The van der Waals surface area contributed by atoms with Gasteiger partial charge >= 0.3 is 0 Å². The molecule has 0 aromatic heterocycles. The number of benzene rings is 2. The van der Waals surface area contributed by atoms with Crippen LogP contribution in [-0.2, 0) is 4.79 Å². The number of rotatable bonds is 8. The Bertz CT molecular complexity index is 831. The van der Waals surface area contributed by atoms with Crippen molar-refractivity contribution in [3.63, 3.8) is 0 Å². The number of ether oxygens (including phenoxy) is 5. The number of carbonyl (C=O) groups excluding carboxylic acids is 1. The highest BCUT2D eigenvalue weighted by Crippen LogP contribution is 2.40. The van der Waals surface area contributed by atoms with Gasteiger partial charge in [-0.1, -0.05) is 0 Å². The van der Waals surface area contributed by atoms with Gasteiger partial charge in [0.15, 0.2) is 11.5 Å². The van der Waals surface area contributed by atoms with Gasteiger partial charge in [0.1, 0.15) is 11.5 Å². The maximum absolute atomic E-state index is 12.3. The summed E-state index contributed by atoms with van der Waals surface area (Å²) in [6, 6.07) is 8.65. The lowest BCUT2D eigenvalue weighted by molar-refractivity contribution is -0.111. The smallest absolute Gasteiger partial charge is 0.248 e. The summed E-state index contributed by atoms with van der Waals surface area (Å²) in [6.07, 6.45) is 3.03. The standard InChI is InChI=1S/C20H23NO6/c1-23-14-8-9-15(17(12-14)25-3)21-18(22)11-7-13-6-10-16(24-2)20(27-5)19(13)26-4/h6-12H,1-5H3,(H,21,22)/b11-7+. The number of hydrogen-bond acceptors (Lipinski definition) is 6. The molecule has 0 atom stereocenters. The van der Waals surface area contributed by atoms with Gasteiger partial charge in [-0.25, -0.2) is 0 Å². The molecule has 7 heteroatoms. The minimum atomic E-state index is -0.324. The zero-order valence-electron chi connectivity index (χ0n) is 16.0. The highest BCUT2D eigenvalue weighted by atomic mass is 16.5. The highest BCUT2D eigenvalue weighted by Gasteiger charge is 2.14. The lowest BCUT2D eigenvalue weighted by Gasteiger charge is -2.14. The van der Waals surface area contributed by atoms with E-state index in [-0.39, 0.29) is 5.91 Å². The molecule has 1 amide bonds. The van der Waals surface area contributed by atoms with Crippen LogP contribution in [0, 0.1) is 0 Å². The van der Waals surface area contributed by atoms with Gasteiger partial charge in [-0.05, 0) is 30.3 Å². The summed E-state index contributed by atoms with van der Waals surface area (Å²) in [5.41, 5.74) is 1.21. The summed E-state index contributed by atoms with van der Waals surface area (Å²) in [5, 5.41) is 2.77. The Balaban J connectivity index is 2.22. The van der Waals surface area contributed by atoms with Gasteiger partial charge in [-0.15, -0.1) is 0 Å². The van der Waals surface area contributed by atoms with Gasteiger partial charge in [0.2, 0.25) is 11.7 Å². The van der Waals surface area contributed by atoms with E-state index in [1.165, 1.54) is 27.4 Å². The Kier molecular flexibility index (Phi) is 6.93. The van der Waals surface area contributed by atoms with Crippen molar-refractivity contribution in [2.75, 3.05) is 40.9 Å². The molecule has 0 unspecified atom stereocenters. The maximum atomic E-state index is 12.3. The number of methoxy groups -OCH3 is 5. The van der Waals surface area contributed by atoms with Crippen LogP contribution in [0.15, 0.2) is 36.4 Å². The van der Waals surface area contributed by atoms with Crippen molar-refractivity contribution >= 4 is 17.7 Å². The fourth-order valence-corrected chi connectivity index (χ4v) is 2.50. The predicted molar refractivity (Wildman–Crippen MR) is 103 cm³/mol. The fraction of sp³-hybridized carbons (Fsp3) is 0.250. The number of anilines is 1. The Labute approximate surface area is 158 Å². The van der Waals surface area contributed by atoms with Gasteiger partial charge in [-0.2, -0.15) is 0 Å². The Morgan fingerprint density at radius 2 is 1.52 bits per heavy atom. The molecule has 0 saturated carbocycles. The normalized spacial score (nSPS) is 10.4. The summed E-state index contributed by atoms with van der Waals surface area (Å²) in [5.74, 6) is 2.28. The van der Waals surface area contributed by atoms with Gasteiger partial charge in [0.25, 0.3) is 0 Å². The van der Waals surface area contributed by atoms with E-state index in [0.717, 1.165) is 0 Å². The average Bonchev–Trinajstić information content (AvgIpc) is 2.71. The molecule has 0 aliphatic rings. The third-order valence-electron chi connectivity index (χ3n) is 3.82. The van der Waals surface area contributed by atoms with Gasteiger partial charge < -0.3 is 29.0 Å². The van der Waals surface area contributed by atoms with Crippen LogP contribution >= 0.6 is 0 Å². The topological polar surface area (TPSA) is 75.3 Å². The molecule has 0 radical (unpaired) electrons. The SMILES string of the molecule is COc1ccc(NC(=O)/C=C/c2ccc(OC)c(OC)c2OC)c(OC)c1. The van der Waals surface area contributed by atoms with Crippen LogP contribution in [0.1, 0.15) is 5.56 Å². The summed E-state index contributed by atoms with van der Waals surface area (Å²) in [6.45, 7) is 0. The molecule has 0 aliphatic heterocycles. The van der Waals surface area contributed by atoms with Gasteiger partial charge in [-0.3, -0.25) is 4.79 Å². The molecule has 7 nitrogen and oxygen atoms in total. The number of nitrogens with one attached hydrogen (secondary N) is 1. The molecule has 2 rings (SSSR count). The van der Waals surface area contributed by atoms with Crippen LogP contribution in [0.2, 0.25) is 0 Å². The predicted octanol–water partition coefficient (Wildman–Crippen LogP) is 3.38. The van der Waals surface area contributed by atoms with Crippen molar-refractivity contribution in [2.45, 2.75) is 0 Å². The molecule has 0 aliphatic carbocycles. The second-order valence-electron chi connectivity index (χ2n) is 5.31. The van der Waals surface area contributed by atoms with E-state index in [1.54, 1.807) is 50.6 Å². The molecule has 1 N–H and O–H groups in total. The third kappa shape index (κ3) is 4.63. The van der Waals surface area contributed by atoms with Crippen molar-refractivity contribution in [1.29, 1.82) is 0 Å². The number of carbonyl (C=O) groups is 1. The van der Waals surface area contributed by atoms with Crippen LogP contribution in [0.3, 0.4) is 0 Å². The molecule has 2 aromatic rings. The van der Waals surface area contributed by atoms with Crippen LogP contribution < -0.4 is 29.0 Å². The molecular formula is C20H23NO6. The van der Waals surface area contributed by atoms with Gasteiger partial charge in [0, 0.05) is 17.7 Å². The van der Waals surface area contributed by atoms with Crippen molar-refractivity contribution in [1.82, 2.24) is 0 Å². The van der Waals surface area contributed by atoms with E-state index in [1.807, 2.05) is 0 Å². The Hall–Kier alpha value is -3.35. The highest BCUT2D eigenvalue weighted by molar-refractivity contribution is 6.03. The van der Waals surface area contributed by atoms with Crippen molar-refractivity contribution < 1.29 is 28.5 Å². The molecule has 144 valence electrons. The second kappa shape index (κ2) is 9.38. The Morgan fingerprint density at radius 3 is 2.11 bits per heavy atom. The summed E-state index contributed by atoms with van der Waals surface area (Å²) in [4.78, 5) is 12.3. The van der Waals surface area contributed by atoms with E-state index in [9.17, 15) is 4.79 Å². The first-order chi connectivity index (χ1) is 13.1. The summed E-state index contributed by atoms with van der Waals surface area (Å²) < 4.78 is 26.4. The van der Waals surface area contributed by atoms with Crippen LogP contribution in [-0.4, -0.2) is 41.5 Å². The molecule has 0 spiro atoms. The van der Waals surface area contributed by atoms with Crippen molar-refractivity contribution in [2.24, 2.45) is 0 Å². The first-order valence-electron chi connectivity index (χ1n) is 8.08. The molecule has 0 bridgehead atoms. The quantitative estimate of drug-likeness (QED) is 0.715. The van der Waals surface area contributed by atoms with Crippen molar-refractivity contribution in [3.05, 3.63) is 42.0 Å². The first kappa shape index (κ1) is 20.0. The van der Waals surface area contributed by atoms with E-state index in [0.29, 0.717) is 40.0 Å². The Morgan fingerprint density at radius 1 is 0.815 bits per heavy atom. The number of hydrogen-bond donors (Lipinski definition) is 1. The molecule has 0 heterocycles. The summed E-state index contributed by atoms with van der Waals surface area (Å²) >= 11 is 0. The average molecular weight is 373 g/mol. The van der Waals surface area contributed by atoms with E-state index < -0.39 is 0 Å². The van der Waals surface area contributed by atoms with Crippen molar-refractivity contribution in [3.8, 4) is 28.7 Å². The van der Waals surface area contributed by atoms with Crippen LogP contribution in [0.5, 0.6) is 28.7 Å². The zero-order valence-corrected chi connectivity index (χ0v) is 16.0. The maximum Gasteiger partial charge on any atom is 0.248 e. The largest absolute Gasteiger partial charge is 0.497 e. The fourth-order valence-electron chi connectivity index (χ4n) is 2.50. The zero-order chi connectivity index (χ0) is 19.8. The first-order valence-corrected chi connectivity index (χ1v) is 8.08. The van der Waals surface area contributed by atoms with E-state index >= 15 is 0 Å². The van der Waals surface area contributed by atoms with E-state index in [2.05, 4.69) is 5.32 Å². The molecular weight excluding hydrogens is 350 g/mol. The third-order valence-corrected chi connectivity index (χ3v) is 3.82.